The van der Waals surface area contributed by atoms with E-state index in [2.05, 4.69) is 5.32 Å². The summed E-state index contributed by atoms with van der Waals surface area (Å²) < 4.78 is 5.43. The molecule has 2 bridgehead atoms. The number of aliphatic carboxylic acids is 1. The van der Waals surface area contributed by atoms with Crippen LogP contribution < -0.4 is 5.32 Å². The van der Waals surface area contributed by atoms with E-state index in [1.165, 1.54) is 18.2 Å². The highest BCUT2D eigenvalue weighted by molar-refractivity contribution is 5.98. The highest BCUT2D eigenvalue weighted by Gasteiger charge is 2.53. The predicted molar refractivity (Wildman–Crippen MR) is 74.4 cm³/mol. The molecule has 0 radical (unpaired) electrons. The van der Waals surface area contributed by atoms with Crippen molar-refractivity contribution in [3.05, 3.63) is 42.0 Å². The largest absolute Gasteiger partial charge is 0.481 e. The number of fused-ring (bicyclic) bond motifs is 2. The first-order valence-corrected chi connectivity index (χ1v) is 6.68. The normalized spacial score (nSPS) is 28.5. The molecule has 4 atom stereocenters. The molecule has 0 aliphatic carbocycles. The molecule has 0 saturated carbocycles. The van der Waals surface area contributed by atoms with Gasteiger partial charge >= 0.3 is 11.9 Å². The van der Waals surface area contributed by atoms with E-state index < -0.39 is 41.9 Å². The minimum Gasteiger partial charge on any atom is -0.481 e. The van der Waals surface area contributed by atoms with Gasteiger partial charge in [0.25, 0.3) is 0 Å². The fourth-order valence-corrected chi connectivity index (χ4v) is 2.87. The van der Waals surface area contributed by atoms with Crippen LogP contribution in [0.5, 0.6) is 0 Å². The topological polar surface area (TPSA) is 113 Å². The zero-order chi connectivity index (χ0) is 15.9. The standard InChI is InChI=1S/C15H13NO6/c17-13(16-8-3-1-2-7(6-8)14(18)19)11-9-4-5-10(22-9)12(11)15(20)21/h1-6,9-12H,(H,16,17)(H,18,19)(H,20,21)/t9-,10+,11-,12-/m0/s1. The van der Waals surface area contributed by atoms with Crippen LogP contribution in [0.1, 0.15) is 10.4 Å². The molecule has 2 aliphatic heterocycles. The van der Waals surface area contributed by atoms with Crippen LogP contribution in [-0.2, 0) is 14.3 Å². The Labute approximate surface area is 125 Å². The van der Waals surface area contributed by atoms with Gasteiger partial charge in [0.05, 0.1) is 23.7 Å². The van der Waals surface area contributed by atoms with Crippen LogP contribution >= 0.6 is 0 Å². The van der Waals surface area contributed by atoms with Crippen LogP contribution in [0.3, 0.4) is 0 Å². The summed E-state index contributed by atoms with van der Waals surface area (Å²) in [5, 5.41) is 20.8. The zero-order valence-electron chi connectivity index (χ0n) is 11.3. The van der Waals surface area contributed by atoms with Crippen LogP contribution in [0.2, 0.25) is 0 Å². The lowest BCUT2D eigenvalue weighted by Gasteiger charge is -2.21. The quantitative estimate of drug-likeness (QED) is 0.715. The van der Waals surface area contributed by atoms with Crippen molar-refractivity contribution < 1.29 is 29.3 Å². The van der Waals surface area contributed by atoms with Crippen LogP contribution in [0, 0.1) is 11.8 Å². The lowest BCUT2D eigenvalue weighted by Crippen LogP contribution is -2.39. The molecular weight excluding hydrogens is 290 g/mol. The minimum atomic E-state index is -1.11. The van der Waals surface area contributed by atoms with Gasteiger partial charge in [0.1, 0.15) is 5.92 Å². The van der Waals surface area contributed by atoms with Crippen molar-refractivity contribution in [1.29, 1.82) is 0 Å². The summed E-state index contributed by atoms with van der Waals surface area (Å²) in [6.45, 7) is 0. The molecule has 0 aromatic heterocycles. The van der Waals surface area contributed by atoms with Gasteiger partial charge in [0.15, 0.2) is 0 Å². The number of carbonyl (C=O) groups excluding carboxylic acids is 1. The average Bonchev–Trinajstić information content (AvgIpc) is 3.07. The van der Waals surface area contributed by atoms with Gasteiger partial charge in [0, 0.05) is 5.69 Å². The van der Waals surface area contributed by atoms with E-state index in [0.717, 1.165) is 0 Å². The van der Waals surface area contributed by atoms with E-state index in [1.807, 2.05) is 0 Å². The number of nitrogens with one attached hydrogen (secondary N) is 1. The molecule has 3 rings (SSSR count). The van der Waals surface area contributed by atoms with Crippen molar-refractivity contribution in [1.82, 2.24) is 0 Å². The first-order chi connectivity index (χ1) is 10.5. The molecule has 0 spiro atoms. The summed E-state index contributed by atoms with van der Waals surface area (Å²) >= 11 is 0. The number of carbonyl (C=O) groups is 3. The van der Waals surface area contributed by atoms with E-state index in [9.17, 15) is 19.5 Å². The maximum absolute atomic E-state index is 12.4. The molecular formula is C15H13NO6. The van der Waals surface area contributed by atoms with Gasteiger partial charge in [-0.2, -0.15) is 0 Å². The van der Waals surface area contributed by atoms with Gasteiger partial charge in [-0.25, -0.2) is 4.79 Å². The number of amides is 1. The monoisotopic (exact) mass is 303 g/mol. The third kappa shape index (κ3) is 2.35. The molecule has 2 heterocycles. The Balaban J connectivity index is 1.80. The SMILES string of the molecule is O=C(O)c1cccc(NC(=O)[C@@H]2[C@@H](C(=O)O)[C@H]3C=C[C@@H]2O3)c1. The van der Waals surface area contributed by atoms with Crippen molar-refractivity contribution in [2.24, 2.45) is 11.8 Å². The van der Waals surface area contributed by atoms with Crippen LogP contribution in [0.25, 0.3) is 0 Å². The Hall–Kier alpha value is -2.67. The van der Waals surface area contributed by atoms with Gasteiger partial charge in [-0.3, -0.25) is 9.59 Å². The number of hydrogen-bond acceptors (Lipinski definition) is 4. The van der Waals surface area contributed by atoms with Gasteiger partial charge in [-0.15, -0.1) is 0 Å². The molecule has 2 aliphatic rings. The van der Waals surface area contributed by atoms with E-state index >= 15 is 0 Å². The van der Waals surface area contributed by atoms with Gasteiger partial charge in [-0.05, 0) is 18.2 Å². The molecule has 0 unspecified atom stereocenters. The highest BCUT2D eigenvalue weighted by Crippen LogP contribution is 2.39. The molecule has 1 aromatic carbocycles. The third-order valence-corrected chi connectivity index (χ3v) is 3.86. The van der Waals surface area contributed by atoms with Crippen molar-refractivity contribution >= 4 is 23.5 Å². The molecule has 1 saturated heterocycles. The lowest BCUT2D eigenvalue weighted by atomic mass is 9.82. The number of ether oxygens (including phenoxy) is 1. The predicted octanol–water partition coefficient (Wildman–Crippen LogP) is 0.977. The number of rotatable bonds is 4. The van der Waals surface area contributed by atoms with Crippen LogP contribution in [0.4, 0.5) is 5.69 Å². The van der Waals surface area contributed by atoms with E-state index in [4.69, 9.17) is 9.84 Å². The molecule has 3 N–H and O–H groups in total. The van der Waals surface area contributed by atoms with Crippen molar-refractivity contribution in [2.45, 2.75) is 12.2 Å². The molecule has 22 heavy (non-hydrogen) atoms. The molecule has 114 valence electrons. The Morgan fingerprint density at radius 2 is 1.73 bits per heavy atom. The third-order valence-electron chi connectivity index (χ3n) is 3.86. The molecule has 1 aromatic rings. The Morgan fingerprint density at radius 3 is 2.36 bits per heavy atom. The Morgan fingerprint density at radius 1 is 1.05 bits per heavy atom. The molecule has 1 fully saturated rings. The molecule has 7 heteroatoms. The van der Waals surface area contributed by atoms with Crippen LogP contribution in [-0.4, -0.2) is 40.3 Å². The van der Waals surface area contributed by atoms with Crippen molar-refractivity contribution in [3.63, 3.8) is 0 Å². The van der Waals surface area contributed by atoms with Crippen molar-refractivity contribution in [2.75, 3.05) is 5.32 Å². The first kappa shape index (κ1) is 14.3. The fourth-order valence-electron chi connectivity index (χ4n) is 2.87. The summed E-state index contributed by atoms with van der Waals surface area (Å²) in [6, 6.07) is 5.77. The Bertz CT molecular complexity index is 682. The molecule has 7 nitrogen and oxygen atoms in total. The molecule has 1 amide bonds. The number of anilines is 1. The number of hydrogen-bond donors (Lipinski definition) is 3. The van der Waals surface area contributed by atoms with Crippen LogP contribution in [0.15, 0.2) is 36.4 Å². The summed E-state index contributed by atoms with van der Waals surface area (Å²) in [5.74, 6) is -4.45. The maximum atomic E-state index is 12.4. The van der Waals surface area contributed by atoms with Gasteiger partial charge in [0.2, 0.25) is 5.91 Å². The van der Waals surface area contributed by atoms with Crippen molar-refractivity contribution in [3.8, 4) is 0 Å². The number of benzene rings is 1. The lowest BCUT2D eigenvalue weighted by molar-refractivity contribution is -0.145. The van der Waals surface area contributed by atoms with Gasteiger partial charge < -0.3 is 20.3 Å². The summed E-state index contributed by atoms with van der Waals surface area (Å²) in [5.41, 5.74) is 0.345. The summed E-state index contributed by atoms with van der Waals surface area (Å²) in [6.07, 6.45) is 2.18. The summed E-state index contributed by atoms with van der Waals surface area (Å²) in [7, 11) is 0. The summed E-state index contributed by atoms with van der Waals surface area (Å²) in [4.78, 5) is 34.6. The first-order valence-electron chi connectivity index (χ1n) is 6.68. The van der Waals surface area contributed by atoms with E-state index in [-0.39, 0.29) is 5.56 Å². The number of carboxylic acid groups (broad SMARTS) is 2. The second kappa shape index (κ2) is 5.27. The zero-order valence-corrected chi connectivity index (χ0v) is 11.3. The fraction of sp³-hybridized carbons (Fsp3) is 0.267. The second-order valence-corrected chi connectivity index (χ2v) is 5.22. The van der Waals surface area contributed by atoms with Gasteiger partial charge in [-0.1, -0.05) is 18.2 Å². The maximum Gasteiger partial charge on any atom is 0.335 e. The average molecular weight is 303 g/mol. The minimum absolute atomic E-state index is 0.0386. The van der Waals surface area contributed by atoms with E-state index in [0.29, 0.717) is 5.69 Å². The second-order valence-electron chi connectivity index (χ2n) is 5.22. The smallest absolute Gasteiger partial charge is 0.335 e. The Kier molecular flexibility index (Phi) is 3.42. The van der Waals surface area contributed by atoms with E-state index in [1.54, 1.807) is 18.2 Å². The number of carboxylic acids is 2. The highest BCUT2D eigenvalue weighted by atomic mass is 16.5. The number of aromatic carboxylic acids is 1.